The molecule has 0 bridgehead atoms. The molecule has 0 unspecified atom stereocenters. The normalized spacial score (nSPS) is 10.5. The second kappa shape index (κ2) is 5.97. The minimum Gasteiger partial charge on any atom is -0.507 e. The Morgan fingerprint density at radius 2 is 2.20 bits per heavy atom. The molecule has 0 spiro atoms. The van der Waals surface area contributed by atoms with Crippen LogP contribution in [0.1, 0.15) is 22.8 Å². The zero-order valence-electron chi connectivity index (χ0n) is 11.1. The molecule has 0 atom stereocenters. The van der Waals surface area contributed by atoms with E-state index in [1.807, 2.05) is 0 Å². The Kier molecular flexibility index (Phi) is 4.30. The molecule has 0 aliphatic rings. The van der Waals surface area contributed by atoms with E-state index >= 15 is 0 Å². The molecule has 20 heavy (non-hydrogen) atoms. The largest absolute Gasteiger partial charge is 0.507 e. The van der Waals surface area contributed by atoms with E-state index in [2.05, 4.69) is 6.58 Å². The summed E-state index contributed by atoms with van der Waals surface area (Å²) in [6.07, 6.45) is 2.01. The number of aromatic hydroxyl groups is 1. The third kappa shape index (κ3) is 2.63. The van der Waals surface area contributed by atoms with Crippen LogP contribution in [0.2, 0.25) is 5.02 Å². The lowest BCUT2D eigenvalue weighted by atomic mass is 9.97. The van der Waals surface area contributed by atoms with Crippen LogP contribution in [0.4, 0.5) is 0 Å². The average Bonchev–Trinajstić information content (AvgIpc) is 2.42. The molecular formula is C16H15ClO3. The Balaban J connectivity index is 2.72. The van der Waals surface area contributed by atoms with E-state index < -0.39 is 5.97 Å². The van der Waals surface area contributed by atoms with Gasteiger partial charge < -0.3 is 9.84 Å². The van der Waals surface area contributed by atoms with Crippen molar-refractivity contribution in [2.75, 3.05) is 6.61 Å². The number of hydrogen-bond acceptors (Lipinski definition) is 3. The predicted molar refractivity (Wildman–Crippen MR) is 80.5 cm³/mol. The summed E-state index contributed by atoms with van der Waals surface area (Å²) in [4.78, 5) is 12.0. The first-order valence-corrected chi connectivity index (χ1v) is 6.68. The Labute approximate surface area is 122 Å². The number of allylic oxidation sites excluding steroid dienone is 1. The third-order valence-corrected chi connectivity index (χ3v) is 3.26. The molecule has 2 rings (SSSR count). The molecule has 3 nitrogen and oxygen atoms in total. The van der Waals surface area contributed by atoms with E-state index in [9.17, 15) is 9.90 Å². The van der Waals surface area contributed by atoms with Crippen molar-refractivity contribution in [2.24, 2.45) is 0 Å². The summed E-state index contributed by atoms with van der Waals surface area (Å²) in [5.41, 5.74) is 0.868. The van der Waals surface area contributed by atoms with Gasteiger partial charge in [-0.2, -0.15) is 0 Å². The summed E-state index contributed by atoms with van der Waals surface area (Å²) in [6.45, 7) is 5.68. The lowest BCUT2D eigenvalue weighted by molar-refractivity contribution is 0.0525. The van der Waals surface area contributed by atoms with Gasteiger partial charge in [0.15, 0.2) is 0 Å². The van der Waals surface area contributed by atoms with Crippen LogP contribution < -0.4 is 0 Å². The van der Waals surface area contributed by atoms with Gasteiger partial charge in [-0.25, -0.2) is 4.79 Å². The number of carbonyl (C=O) groups excluding carboxylic acids is 1. The first kappa shape index (κ1) is 14.4. The van der Waals surface area contributed by atoms with Crippen molar-refractivity contribution in [2.45, 2.75) is 13.3 Å². The number of esters is 1. The van der Waals surface area contributed by atoms with Gasteiger partial charge in [0.05, 0.1) is 12.2 Å². The molecule has 0 aliphatic carbocycles. The molecule has 2 aromatic carbocycles. The van der Waals surface area contributed by atoms with Gasteiger partial charge in [-0.1, -0.05) is 23.7 Å². The van der Waals surface area contributed by atoms with Crippen molar-refractivity contribution in [3.63, 3.8) is 0 Å². The fourth-order valence-electron chi connectivity index (χ4n) is 2.13. The van der Waals surface area contributed by atoms with Gasteiger partial charge in [0.25, 0.3) is 0 Å². The molecule has 4 heteroatoms. The number of halogens is 1. The molecule has 2 aromatic rings. The fourth-order valence-corrected chi connectivity index (χ4v) is 2.31. The Hall–Kier alpha value is -2.00. The van der Waals surface area contributed by atoms with Crippen molar-refractivity contribution in [1.82, 2.24) is 0 Å². The lowest BCUT2D eigenvalue weighted by Crippen LogP contribution is -2.08. The monoisotopic (exact) mass is 290 g/mol. The molecule has 0 aliphatic heterocycles. The minimum atomic E-state index is -0.448. The highest BCUT2D eigenvalue weighted by atomic mass is 35.5. The molecule has 0 heterocycles. The number of ether oxygens (including phenoxy) is 1. The Morgan fingerprint density at radius 3 is 2.85 bits per heavy atom. The molecule has 0 fully saturated rings. The van der Waals surface area contributed by atoms with Gasteiger partial charge in [-0.15, -0.1) is 6.58 Å². The van der Waals surface area contributed by atoms with Crippen LogP contribution in [0.5, 0.6) is 5.75 Å². The highest BCUT2D eigenvalue weighted by Crippen LogP contribution is 2.34. The summed E-state index contributed by atoms with van der Waals surface area (Å²) in [7, 11) is 0. The number of phenols is 1. The van der Waals surface area contributed by atoms with Crippen LogP contribution in [0.3, 0.4) is 0 Å². The van der Waals surface area contributed by atoms with Gasteiger partial charge in [-0.05, 0) is 36.9 Å². The van der Waals surface area contributed by atoms with E-state index in [1.165, 1.54) is 0 Å². The second-order valence-electron chi connectivity index (χ2n) is 4.33. The number of rotatable bonds is 4. The number of fused-ring (bicyclic) bond motifs is 1. The number of phenolic OH excluding ortho intramolecular Hbond substituents is 1. The van der Waals surface area contributed by atoms with Crippen LogP contribution in [0.25, 0.3) is 10.8 Å². The number of carbonyl (C=O) groups is 1. The summed E-state index contributed by atoms with van der Waals surface area (Å²) in [6, 6.07) is 6.86. The fraction of sp³-hybridized carbons (Fsp3) is 0.188. The maximum atomic E-state index is 12.0. The average molecular weight is 291 g/mol. The van der Waals surface area contributed by atoms with Crippen LogP contribution in [-0.4, -0.2) is 17.7 Å². The number of benzene rings is 2. The summed E-state index contributed by atoms with van der Waals surface area (Å²) in [5.74, 6) is -0.399. The second-order valence-corrected chi connectivity index (χ2v) is 4.77. The molecule has 1 N–H and O–H groups in total. The van der Waals surface area contributed by atoms with Crippen molar-refractivity contribution in [3.05, 3.63) is 53.1 Å². The molecule has 0 aromatic heterocycles. The van der Waals surface area contributed by atoms with E-state index in [0.29, 0.717) is 28.0 Å². The van der Waals surface area contributed by atoms with Crippen molar-refractivity contribution < 1.29 is 14.6 Å². The molecular weight excluding hydrogens is 276 g/mol. The molecule has 0 saturated carbocycles. The zero-order chi connectivity index (χ0) is 14.7. The SMILES string of the molecule is C=CCc1c(C(=O)OCC)cc2ccc(Cl)cc2c1O. The van der Waals surface area contributed by atoms with Gasteiger partial charge in [-0.3, -0.25) is 0 Å². The van der Waals surface area contributed by atoms with Gasteiger partial charge in [0, 0.05) is 16.0 Å². The Morgan fingerprint density at radius 1 is 1.45 bits per heavy atom. The first-order chi connectivity index (χ1) is 9.58. The molecule has 0 radical (unpaired) electrons. The smallest absolute Gasteiger partial charge is 0.338 e. The summed E-state index contributed by atoms with van der Waals surface area (Å²) >= 11 is 5.95. The third-order valence-electron chi connectivity index (χ3n) is 3.03. The number of hydrogen-bond donors (Lipinski definition) is 1. The van der Waals surface area contributed by atoms with Crippen LogP contribution in [0, 0.1) is 0 Å². The maximum Gasteiger partial charge on any atom is 0.338 e. The highest BCUT2D eigenvalue weighted by molar-refractivity contribution is 6.31. The topological polar surface area (TPSA) is 46.5 Å². The summed E-state index contributed by atoms with van der Waals surface area (Å²) in [5, 5.41) is 12.3. The Bertz CT molecular complexity index is 677. The van der Waals surface area contributed by atoms with E-state index in [4.69, 9.17) is 16.3 Å². The molecule has 0 saturated heterocycles. The van der Waals surface area contributed by atoms with E-state index in [1.54, 1.807) is 37.3 Å². The highest BCUT2D eigenvalue weighted by Gasteiger charge is 2.18. The van der Waals surface area contributed by atoms with Gasteiger partial charge >= 0.3 is 5.97 Å². The molecule has 104 valence electrons. The van der Waals surface area contributed by atoms with Gasteiger partial charge in [0.2, 0.25) is 0 Å². The van der Waals surface area contributed by atoms with Crippen molar-refractivity contribution >= 4 is 28.3 Å². The van der Waals surface area contributed by atoms with Crippen LogP contribution in [0.15, 0.2) is 36.9 Å². The molecule has 0 amide bonds. The predicted octanol–water partition coefficient (Wildman–Crippen LogP) is 4.10. The quantitative estimate of drug-likeness (QED) is 0.681. The van der Waals surface area contributed by atoms with Crippen molar-refractivity contribution in [3.8, 4) is 5.75 Å². The van der Waals surface area contributed by atoms with Crippen LogP contribution in [-0.2, 0) is 11.2 Å². The summed E-state index contributed by atoms with van der Waals surface area (Å²) < 4.78 is 5.03. The first-order valence-electron chi connectivity index (χ1n) is 6.30. The maximum absolute atomic E-state index is 12.0. The van der Waals surface area contributed by atoms with E-state index in [0.717, 1.165) is 5.39 Å². The lowest BCUT2D eigenvalue weighted by Gasteiger charge is -2.12. The van der Waals surface area contributed by atoms with E-state index in [-0.39, 0.29) is 12.4 Å². The minimum absolute atomic E-state index is 0.0490. The van der Waals surface area contributed by atoms with Gasteiger partial charge in [0.1, 0.15) is 5.75 Å². The van der Waals surface area contributed by atoms with Crippen LogP contribution >= 0.6 is 11.6 Å². The zero-order valence-corrected chi connectivity index (χ0v) is 11.9. The standard InChI is InChI=1S/C16H15ClO3/c1-3-5-12-14(16(19)20-4-2)8-10-6-7-11(17)9-13(10)15(12)18/h3,6-9,18H,1,4-5H2,2H3. The van der Waals surface area contributed by atoms with Crippen molar-refractivity contribution in [1.29, 1.82) is 0 Å².